The van der Waals surface area contributed by atoms with E-state index in [1.54, 1.807) is 27.7 Å². The van der Waals surface area contributed by atoms with Crippen LogP contribution in [0.2, 0.25) is 0 Å². The molecule has 0 saturated carbocycles. The van der Waals surface area contributed by atoms with Crippen molar-refractivity contribution in [3.05, 3.63) is 23.8 Å². The summed E-state index contributed by atoms with van der Waals surface area (Å²) < 4.78 is 31.3. The van der Waals surface area contributed by atoms with Crippen molar-refractivity contribution in [3.63, 3.8) is 0 Å². The second-order valence-electron chi connectivity index (χ2n) is 13.3. The van der Waals surface area contributed by atoms with Crippen LogP contribution in [0, 0.1) is 16.7 Å². The highest BCUT2D eigenvalue weighted by molar-refractivity contribution is 5.75. The molecule has 3 N–H and O–H groups in total. The van der Waals surface area contributed by atoms with Crippen molar-refractivity contribution >= 4 is 24.4 Å². The third-order valence-corrected chi connectivity index (χ3v) is 5.12. The van der Waals surface area contributed by atoms with Crippen molar-refractivity contribution in [2.75, 3.05) is 19.8 Å². The standard InChI is InChI=1S/C29H45NO11/c1-17(14-36-26(35)41-29(8,9)10)21(22(30)23(31)32)18-11-12-19(39-24(33)37-15-27(2,3)4)20(13-18)40-25(34)38-16-28(5,6)7/h11-13,17,21-22H,14-16,30H2,1-10H3,(H,31,32)/t17?,21?,22-/m0/s1. The number of carbonyl (C=O) groups excluding carboxylic acids is 3. The summed E-state index contributed by atoms with van der Waals surface area (Å²) in [4.78, 5) is 48.8. The molecule has 0 radical (unpaired) electrons. The summed E-state index contributed by atoms with van der Waals surface area (Å²) in [6.45, 7) is 17.8. The van der Waals surface area contributed by atoms with E-state index in [1.165, 1.54) is 18.2 Å². The number of benzene rings is 1. The molecule has 12 nitrogen and oxygen atoms in total. The van der Waals surface area contributed by atoms with E-state index < -0.39 is 47.9 Å². The molecule has 0 spiro atoms. The van der Waals surface area contributed by atoms with Gasteiger partial charge >= 0.3 is 24.4 Å². The number of rotatable bonds is 10. The van der Waals surface area contributed by atoms with Gasteiger partial charge in [-0.15, -0.1) is 0 Å². The van der Waals surface area contributed by atoms with Gasteiger partial charge in [-0.3, -0.25) is 4.79 Å². The minimum atomic E-state index is -1.43. The Morgan fingerprint density at radius 2 is 1.27 bits per heavy atom. The summed E-state index contributed by atoms with van der Waals surface area (Å²) in [5, 5.41) is 9.70. The Balaban J connectivity index is 3.36. The molecule has 0 aliphatic carbocycles. The lowest BCUT2D eigenvalue weighted by molar-refractivity contribution is -0.139. The maximum atomic E-state index is 12.5. The van der Waals surface area contributed by atoms with Gasteiger partial charge in [0.2, 0.25) is 0 Å². The van der Waals surface area contributed by atoms with Gasteiger partial charge in [-0.25, -0.2) is 14.4 Å². The van der Waals surface area contributed by atoms with Gasteiger partial charge in [0, 0.05) is 5.92 Å². The molecule has 0 saturated heterocycles. The molecular formula is C29H45NO11. The van der Waals surface area contributed by atoms with Gasteiger partial charge in [-0.2, -0.15) is 0 Å². The molecule has 3 atom stereocenters. The zero-order valence-corrected chi connectivity index (χ0v) is 25.7. The van der Waals surface area contributed by atoms with Crippen molar-refractivity contribution < 1.29 is 52.7 Å². The Hall–Kier alpha value is -3.54. The Bertz CT molecular complexity index is 1060. The lowest BCUT2D eigenvalue weighted by Gasteiger charge is -2.28. The third kappa shape index (κ3) is 14.1. The maximum Gasteiger partial charge on any atom is 0.513 e. The number of nitrogens with two attached hydrogens (primary N) is 1. The minimum absolute atomic E-state index is 0.0425. The molecular weight excluding hydrogens is 538 g/mol. The number of carbonyl (C=O) groups is 4. The Kier molecular flexibility index (Phi) is 12.4. The molecule has 232 valence electrons. The van der Waals surface area contributed by atoms with Gasteiger partial charge in [0.25, 0.3) is 0 Å². The third-order valence-electron chi connectivity index (χ3n) is 5.12. The summed E-state index contributed by atoms with van der Waals surface area (Å²) in [7, 11) is 0. The van der Waals surface area contributed by atoms with Crippen LogP contribution in [0.4, 0.5) is 14.4 Å². The Labute approximate surface area is 241 Å². The number of ether oxygens (including phenoxy) is 6. The summed E-state index contributed by atoms with van der Waals surface area (Å²) in [5.41, 5.74) is 4.90. The zero-order chi connectivity index (χ0) is 31.8. The van der Waals surface area contributed by atoms with Crippen LogP contribution in [0.3, 0.4) is 0 Å². The molecule has 0 amide bonds. The highest BCUT2D eigenvalue weighted by Gasteiger charge is 2.33. The molecule has 0 fully saturated rings. The van der Waals surface area contributed by atoms with E-state index in [4.69, 9.17) is 34.2 Å². The molecule has 0 aliphatic rings. The fourth-order valence-electron chi connectivity index (χ4n) is 3.31. The van der Waals surface area contributed by atoms with E-state index in [0.29, 0.717) is 5.56 Å². The van der Waals surface area contributed by atoms with Gasteiger partial charge in [-0.05, 0) is 55.2 Å². The number of carboxylic acid groups (broad SMARTS) is 1. The Morgan fingerprint density at radius 3 is 1.71 bits per heavy atom. The summed E-state index contributed by atoms with van der Waals surface area (Å²) in [6, 6.07) is 2.68. The molecule has 0 aromatic heterocycles. The first-order valence-corrected chi connectivity index (χ1v) is 13.3. The fraction of sp³-hybridized carbons (Fsp3) is 0.655. The van der Waals surface area contributed by atoms with Crippen LogP contribution in [0.25, 0.3) is 0 Å². The first kappa shape index (κ1) is 35.5. The first-order valence-electron chi connectivity index (χ1n) is 13.3. The Morgan fingerprint density at radius 1 is 0.780 bits per heavy atom. The maximum absolute atomic E-state index is 12.5. The SMILES string of the molecule is CC(COC(=O)OC(C)(C)C)C(c1ccc(OC(=O)OCC(C)(C)C)c(OC(=O)OCC(C)(C)C)c1)[C@H](N)C(=O)O. The van der Waals surface area contributed by atoms with Crippen LogP contribution >= 0.6 is 0 Å². The summed E-state index contributed by atoms with van der Waals surface area (Å²) in [5.74, 6) is -3.25. The van der Waals surface area contributed by atoms with E-state index >= 15 is 0 Å². The van der Waals surface area contributed by atoms with Gasteiger partial charge in [0.1, 0.15) is 11.6 Å². The predicted octanol–water partition coefficient (Wildman–Crippen LogP) is 5.89. The molecule has 1 rings (SSSR count). The molecule has 0 heterocycles. The van der Waals surface area contributed by atoms with Crippen LogP contribution in [0.5, 0.6) is 11.5 Å². The van der Waals surface area contributed by atoms with E-state index in [0.717, 1.165) is 0 Å². The van der Waals surface area contributed by atoms with Gasteiger partial charge in [0.15, 0.2) is 11.5 Å². The van der Waals surface area contributed by atoms with Crippen molar-refractivity contribution in [3.8, 4) is 11.5 Å². The topological polar surface area (TPSA) is 170 Å². The van der Waals surface area contributed by atoms with Crippen LogP contribution in [-0.2, 0) is 23.7 Å². The zero-order valence-electron chi connectivity index (χ0n) is 25.7. The second-order valence-corrected chi connectivity index (χ2v) is 13.3. The molecule has 0 bridgehead atoms. The molecule has 1 aromatic rings. The monoisotopic (exact) mass is 583 g/mol. The lowest BCUT2D eigenvalue weighted by Crippen LogP contribution is -2.41. The first-order chi connectivity index (χ1) is 18.6. The molecule has 1 aromatic carbocycles. The predicted molar refractivity (Wildman–Crippen MR) is 149 cm³/mol. The van der Waals surface area contributed by atoms with Crippen molar-refractivity contribution in [1.82, 2.24) is 0 Å². The number of carboxylic acids is 1. The normalized spacial score (nSPS) is 14.2. The smallest absolute Gasteiger partial charge is 0.480 e. The quantitative estimate of drug-likeness (QED) is 0.190. The van der Waals surface area contributed by atoms with Crippen LogP contribution in [-0.4, -0.2) is 61.0 Å². The molecule has 2 unspecified atom stereocenters. The number of aliphatic carboxylic acids is 1. The highest BCUT2D eigenvalue weighted by Crippen LogP contribution is 2.36. The molecule has 12 heteroatoms. The second kappa shape index (κ2) is 14.4. The average molecular weight is 584 g/mol. The average Bonchev–Trinajstić information content (AvgIpc) is 2.79. The molecule has 0 aliphatic heterocycles. The lowest BCUT2D eigenvalue weighted by atomic mass is 9.82. The van der Waals surface area contributed by atoms with Gasteiger partial charge in [-0.1, -0.05) is 54.5 Å². The van der Waals surface area contributed by atoms with Crippen molar-refractivity contribution in [2.45, 2.75) is 86.8 Å². The van der Waals surface area contributed by atoms with E-state index in [1.807, 2.05) is 41.5 Å². The van der Waals surface area contributed by atoms with E-state index in [9.17, 15) is 24.3 Å². The van der Waals surface area contributed by atoms with Crippen LogP contribution < -0.4 is 15.2 Å². The molecule has 41 heavy (non-hydrogen) atoms. The summed E-state index contributed by atoms with van der Waals surface area (Å²) in [6.07, 6.45) is -3.01. The number of hydrogen-bond donors (Lipinski definition) is 2. The van der Waals surface area contributed by atoms with Crippen LogP contribution in [0.1, 0.15) is 80.7 Å². The summed E-state index contributed by atoms with van der Waals surface area (Å²) >= 11 is 0. The van der Waals surface area contributed by atoms with Gasteiger partial charge in [0.05, 0.1) is 19.8 Å². The number of hydrogen-bond acceptors (Lipinski definition) is 11. The van der Waals surface area contributed by atoms with Crippen molar-refractivity contribution in [1.29, 1.82) is 0 Å². The highest BCUT2D eigenvalue weighted by atomic mass is 16.7. The largest absolute Gasteiger partial charge is 0.513 e. The van der Waals surface area contributed by atoms with E-state index in [2.05, 4.69) is 0 Å². The fourth-order valence-corrected chi connectivity index (χ4v) is 3.31. The minimum Gasteiger partial charge on any atom is -0.480 e. The van der Waals surface area contributed by atoms with Crippen molar-refractivity contribution in [2.24, 2.45) is 22.5 Å². The van der Waals surface area contributed by atoms with Gasteiger partial charge < -0.3 is 39.3 Å². The van der Waals surface area contributed by atoms with E-state index in [-0.39, 0.29) is 42.1 Å². The van der Waals surface area contributed by atoms with Crippen LogP contribution in [0.15, 0.2) is 18.2 Å².